The van der Waals surface area contributed by atoms with Gasteiger partial charge in [-0.3, -0.25) is 9.52 Å². The van der Waals surface area contributed by atoms with Crippen LogP contribution in [0.5, 0.6) is 5.75 Å². The molecule has 1 heterocycles. The highest BCUT2D eigenvalue weighted by molar-refractivity contribution is 7.92. The molecule has 0 aliphatic heterocycles. The second kappa shape index (κ2) is 9.00. The summed E-state index contributed by atoms with van der Waals surface area (Å²) in [5.41, 5.74) is -4.12. The van der Waals surface area contributed by atoms with Gasteiger partial charge in [-0.05, 0) is 35.2 Å². The van der Waals surface area contributed by atoms with Crippen LogP contribution in [-0.2, 0) is 15.4 Å². The van der Waals surface area contributed by atoms with Gasteiger partial charge in [0, 0.05) is 47.1 Å². The van der Waals surface area contributed by atoms with Crippen molar-refractivity contribution >= 4 is 27.9 Å². The van der Waals surface area contributed by atoms with E-state index >= 15 is 0 Å². The Hall–Kier alpha value is -3.39. The molecule has 3 aromatic rings. The number of nitrogens with one attached hydrogen (secondary N) is 2. The van der Waals surface area contributed by atoms with Crippen LogP contribution in [0.3, 0.4) is 0 Å². The zero-order chi connectivity index (χ0) is 31.0. The summed E-state index contributed by atoms with van der Waals surface area (Å²) < 4.78 is 104. The standard InChI is InChI=1S/C24H27N3O4S/c1-24(2,3)20-15-18(21-23(28)26-13-12-25-21)14-17(22(20)31-4)9-6-16-7-10-19(11-8-16)27-32(5,29)30/h6-15,27H,1-5H3,(H,26,28)/b9-6+/i1D3,2D3,3D3. The number of hydrogen-bond acceptors (Lipinski definition) is 5. The predicted molar refractivity (Wildman–Crippen MR) is 129 cm³/mol. The van der Waals surface area contributed by atoms with Crippen LogP contribution < -0.4 is 15.0 Å². The quantitative estimate of drug-likeness (QED) is 0.532. The average molecular weight is 463 g/mol. The molecule has 0 atom stereocenters. The molecule has 3 rings (SSSR count). The predicted octanol–water partition coefficient (Wildman–Crippen LogP) is 4.28. The normalized spacial score (nSPS) is 17.5. The first-order chi connectivity index (χ1) is 18.7. The lowest BCUT2D eigenvalue weighted by Crippen LogP contribution is -2.15. The van der Waals surface area contributed by atoms with Crippen LogP contribution in [0.1, 0.15) is 49.6 Å². The molecule has 0 saturated carbocycles. The maximum Gasteiger partial charge on any atom is 0.274 e. The van der Waals surface area contributed by atoms with Crippen molar-refractivity contribution in [1.29, 1.82) is 0 Å². The minimum absolute atomic E-state index is 0.0443. The van der Waals surface area contributed by atoms with E-state index in [0.717, 1.165) is 19.4 Å². The van der Waals surface area contributed by atoms with E-state index in [9.17, 15) is 13.2 Å². The van der Waals surface area contributed by atoms with Gasteiger partial charge in [0.15, 0.2) is 0 Å². The van der Waals surface area contributed by atoms with Crippen LogP contribution in [0.15, 0.2) is 53.6 Å². The van der Waals surface area contributed by atoms with Gasteiger partial charge in [0.2, 0.25) is 10.0 Å². The molecule has 8 heteroatoms. The lowest BCUT2D eigenvalue weighted by Gasteiger charge is -2.24. The van der Waals surface area contributed by atoms with Crippen LogP contribution in [-0.4, -0.2) is 31.8 Å². The smallest absolute Gasteiger partial charge is 0.274 e. The Labute approximate surface area is 200 Å². The molecular formula is C24H27N3O4S. The molecular weight excluding hydrogens is 426 g/mol. The summed E-state index contributed by atoms with van der Waals surface area (Å²) in [6.45, 7) is -10.8. The average Bonchev–Trinajstić information content (AvgIpc) is 2.80. The van der Waals surface area contributed by atoms with Crippen molar-refractivity contribution in [3.8, 4) is 17.0 Å². The molecule has 32 heavy (non-hydrogen) atoms. The molecule has 0 amide bonds. The van der Waals surface area contributed by atoms with Gasteiger partial charge in [-0.1, -0.05) is 44.8 Å². The number of aromatic nitrogens is 2. The largest absolute Gasteiger partial charge is 0.496 e. The van der Waals surface area contributed by atoms with Crippen molar-refractivity contribution in [3.63, 3.8) is 0 Å². The fourth-order valence-corrected chi connectivity index (χ4v) is 3.60. The van der Waals surface area contributed by atoms with E-state index in [2.05, 4.69) is 14.7 Å². The van der Waals surface area contributed by atoms with Gasteiger partial charge in [0.25, 0.3) is 5.56 Å². The highest BCUT2D eigenvalue weighted by Crippen LogP contribution is 2.38. The molecule has 7 nitrogen and oxygen atoms in total. The van der Waals surface area contributed by atoms with Crippen LogP contribution >= 0.6 is 0 Å². The third kappa shape index (κ3) is 5.64. The Morgan fingerprint density at radius 2 is 1.88 bits per heavy atom. The molecule has 0 spiro atoms. The summed E-state index contributed by atoms with van der Waals surface area (Å²) >= 11 is 0. The summed E-state index contributed by atoms with van der Waals surface area (Å²) in [4.78, 5) is 19.0. The van der Waals surface area contributed by atoms with Crippen LogP contribution in [0, 0.1) is 0 Å². The molecule has 0 saturated heterocycles. The molecule has 0 aliphatic carbocycles. The first kappa shape index (κ1) is 13.9. The van der Waals surface area contributed by atoms with Crippen LogP contribution in [0.2, 0.25) is 0 Å². The molecule has 0 aliphatic rings. The Morgan fingerprint density at radius 1 is 1.16 bits per heavy atom. The van der Waals surface area contributed by atoms with Gasteiger partial charge >= 0.3 is 0 Å². The van der Waals surface area contributed by atoms with E-state index in [1.807, 2.05) is 0 Å². The third-order valence-electron chi connectivity index (χ3n) is 4.38. The SMILES string of the molecule is [2H]C([2H])([2H])C(c1cc(-c2ncc[nH]c2=O)cc(/C=C/c2ccc(NS(C)(=O)=O)cc2)c1OC)(C([2H])([2H])[2H])C([2H])([2H])[2H]. The third-order valence-corrected chi connectivity index (χ3v) is 4.98. The summed E-state index contributed by atoms with van der Waals surface area (Å²) in [7, 11) is -2.36. The van der Waals surface area contributed by atoms with E-state index < -0.39 is 47.1 Å². The van der Waals surface area contributed by atoms with Gasteiger partial charge in [0.05, 0.1) is 13.4 Å². The van der Waals surface area contributed by atoms with Crippen LogP contribution in [0.25, 0.3) is 23.4 Å². The maximum absolute atomic E-state index is 12.6. The molecule has 2 aromatic carbocycles. The van der Waals surface area contributed by atoms with Crippen LogP contribution in [0.4, 0.5) is 5.69 Å². The van der Waals surface area contributed by atoms with Gasteiger partial charge < -0.3 is 9.72 Å². The van der Waals surface area contributed by atoms with Crippen molar-refractivity contribution < 1.29 is 25.5 Å². The molecule has 1 aromatic heterocycles. The molecule has 2 N–H and O–H groups in total. The second-order valence-electron chi connectivity index (χ2n) is 6.99. The molecule has 168 valence electrons. The number of nitrogens with zero attached hydrogens (tertiary/aromatic N) is 1. The van der Waals surface area contributed by atoms with E-state index in [-0.39, 0.29) is 22.6 Å². The minimum Gasteiger partial charge on any atom is -0.496 e. The van der Waals surface area contributed by atoms with Crippen molar-refractivity contribution in [1.82, 2.24) is 9.97 Å². The Kier molecular flexibility index (Phi) is 3.91. The van der Waals surface area contributed by atoms with E-state index in [1.165, 1.54) is 42.7 Å². The summed E-state index contributed by atoms with van der Waals surface area (Å²) in [5.74, 6) is -0.337. The number of hydrogen-bond donors (Lipinski definition) is 2. The number of sulfonamides is 1. The molecule has 0 bridgehead atoms. The minimum atomic E-state index is -3.59. The van der Waals surface area contributed by atoms with E-state index in [0.29, 0.717) is 11.3 Å². The van der Waals surface area contributed by atoms with Gasteiger partial charge in [-0.25, -0.2) is 13.4 Å². The highest BCUT2D eigenvalue weighted by Gasteiger charge is 2.23. The van der Waals surface area contributed by atoms with Crippen molar-refractivity contribution in [2.24, 2.45) is 0 Å². The zero-order valence-electron chi connectivity index (χ0n) is 26.3. The summed E-state index contributed by atoms with van der Waals surface area (Å²) in [6.07, 6.45) is 6.47. The molecule has 0 fully saturated rings. The van der Waals surface area contributed by atoms with Gasteiger partial charge in [-0.2, -0.15) is 0 Å². The molecule has 0 unspecified atom stereocenters. The zero-order valence-corrected chi connectivity index (χ0v) is 18.1. The fraction of sp³-hybridized carbons (Fsp3) is 0.250. The van der Waals surface area contributed by atoms with Crippen molar-refractivity contribution in [2.45, 2.75) is 26.0 Å². The maximum atomic E-state index is 12.6. The van der Waals surface area contributed by atoms with E-state index in [1.54, 1.807) is 12.1 Å². The number of benzene rings is 2. The number of rotatable bonds is 6. The number of anilines is 1. The monoisotopic (exact) mass is 462 g/mol. The van der Waals surface area contributed by atoms with Crippen molar-refractivity contribution in [3.05, 3.63) is 75.8 Å². The molecule has 0 radical (unpaired) electrons. The second-order valence-corrected chi connectivity index (χ2v) is 8.74. The lowest BCUT2D eigenvalue weighted by molar-refractivity contribution is 0.397. The number of aromatic amines is 1. The van der Waals surface area contributed by atoms with Crippen molar-refractivity contribution in [2.75, 3.05) is 18.1 Å². The highest BCUT2D eigenvalue weighted by atomic mass is 32.2. The summed E-state index contributed by atoms with van der Waals surface area (Å²) in [5, 5.41) is 0. The summed E-state index contributed by atoms with van der Waals surface area (Å²) in [6, 6.07) is 8.53. The Balaban J connectivity index is 2.39. The first-order valence-electron chi connectivity index (χ1n) is 13.8. The number of H-pyrrole nitrogens is 1. The van der Waals surface area contributed by atoms with Gasteiger partial charge in [0.1, 0.15) is 11.4 Å². The first-order valence-corrected chi connectivity index (χ1v) is 11.1. The fourth-order valence-electron chi connectivity index (χ4n) is 3.04. The number of methoxy groups -OCH3 is 1. The topological polar surface area (TPSA) is 101 Å². The Bertz CT molecular complexity index is 1570. The Morgan fingerprint density at radius 3 is 2.47 bits per heavy atom. The lowest BCUT2D eigenvalue weighted by atomic mass is 9.83. The number of ether oxygens (including phenoxy) is 1. The van der Waals surface area contributed by atoms with Gasteiger partial charge in [-0.15, -0.1) is 0 Å². The van der Waals surface area contributed by atoms with E-state index in [4.69, 9.17) is 17.1 Å².